The molecule has 116 valence electrons. The van der Waals surface area contributed by atoms with Gasteiger partial charge in [-0.1, -0.05) is 41.9 Å². The van der Waals surface area contributed by atoms with Crippen molar-refractivity contribution >= 4 is 27.7 Å². The van der Waals surface area contributed by atoms with E-state index in [9.17, 15) is 9.59 Å². The molecule has 21 heavy (non-hydrogen) atoms. The van der Waals surface area contributed by atoms with E-state index in [2.05, 4.69) is 21.2 Å². The van der Waals surface area contributed by atoms with Gasteiger partial charge in [-0.05, 0) is 36.5 Å². The molecule has 6 heteroatoms. The minimum Gasteiger partial charge on any atom is -0.368 e. The van der Waals surface area contributed by atoms with Crippen LogP contribution >= 0.6 is 15.9 Å². The number of benzene rings is 1. The van der Waals surface area contributed by atoms with Crippen molar-refractivity contribution in [2.24, 2.45) is 17.4 Å². The molecule has 0 radical (unpaired) electrons. The molecule has 0 bridgehead atoms. The van der Waals surface area contributed by atoms with E-state index >= 15 is 0 Å². The molecule has 1 aromatic rings. The lowest BCUT2D eigenvalue weighted by atomic mass is 10.0. The highest BCUT2D eigenvalue weighted by Crippen LogP contribution is 2.12. The van der Waals surface area contributed by atoms with E-state index < -0.39 is 18.0 Å². The Hall–Kier alpha value is -1.40. The number of hydrogen-bond acceptors (Lipinski definition) is 3. The lowest BCUT2D eigenvalue weighted by Crippen LogP contribution is -2.51. The predicted molar refractivity (Wildman–Crippen MR) is 86.4 cm³/mol. The predicted octanol–water partition coefficient (Wildman–Crippen LogP) is 1.34. The summed E-state index contributed by atoms with van der Waals surface area (Å²) in [5.74, 6) is -0.638. The van der Waals surface area contributed by atoms with E-state index in [4.69, 9.17) is 11.5 Å². The first kappa shape index (κ1) is 17.7. The van der Waals surface area contributed by atoms with Gasteiger partial charge in [-0.25, -0.2) is 0 Å². The maximum Gasteiger partial charge on any atom is 0.240 e. The molecule has 0 aromatic heterocycles. The number of carbonyl (C=O) groups excluding carboxylic acids is 2. The Morgan fingerprint density at radius 1 is 1.24 bits per heavy atom. The lowest BCUT2D eigenvalue weighted by molar-refractivity contribution is -0.128. The summed E-state index contributed by atoms with van der Waals surface area (Å²) in [6, 6.07) is 6.21. The molecule has 0 saturated heterocycles. The van der Waals surface area contributed by atoms with E-state index in [1.165, 1.54) is 0 Å². The third-order valence-corrected chi connectivity index (χ3v) is 3.60. The largest absolute Gasteiger partial charge is 0.368 e. The Morgan fingerprint density at radius 3 is 2.29 bits per heavy atom. The van der Waals surface area contributed by atoms with Gasteiger partial charge in [0.25, 0.3) is 0 Å². The van der Waals surface area contributed by atoms with E-state index in [1.54, 1.807) is 0 Å². The molecular formula is C15H22BrN3O2. The van der Waals surface area contributed by atoms with Gasteiger partial charge < -0.3 is 16.8 Å². The fraction of sp³-hybridized carbons (Fsp3) is 0.467. The molecule has 2 atom stereocenters. The van der Waals surface area contributed by atoms with Crippen molar-refractivity contribution in [3.05, 3.63) is 34.3 Å². The van der Waals surface area contributed by atoms with Crippen LogP contribution in [0.4, 0.5) is 0 Å². The third kappa shape index (κ3) is 6.27. The van der Waals surface area contributed by atoms with Crippen molar-refractivity contribution in [2.75, 3.05) is 0 Å². The Labute approximate surface area is 133 Å². The van der Waals surface area contributed by atoms with Gasteiger partial charge in [-0.3, -0.25) is 9.59 Å². The molecule has 5 N–H and O–H groups in total. The molecule has 1 rings (SSSR count). The van der Waals surface area contributed by atoms with Crippen LogP contribution in [-0.2, 0) is 16.0 Å². The molecule has 0 unspecified atom stereocenters. The smallest absolute Gasteiger partial charge is 0.240 e. The van der Waals surface area contributed by atoms with Gasteiger partial charge in [0, 0.05) is 4.47 Å². The Balaban J connectivity index is 2.60. The Bertz CT molecular complexity index is 488. The first-order chi connectivity index (χ1) is 9.79. The second-order valence-corrected chi connectivity index (χ2v) is 6.45. The van der Waals surface area contributed by atoms with Crippen LogP contribution in [-0.4, -0.2) is 23.9 Å². The first-order valence-corrected chi connectivity index (χ1v) is 7.68. The summed E-state index contributed by atoms with van der Waals surface area (Å²) in [7, 11) is 0. The minimum absolute atomic E-state index is 0.255. The second kappa shape index (κ2) is 8.14. The standard InChI is InChI=1S/C15H22BrN3O2/c1-9(2)7-13(14(18)20)19-15(21)12(17)8-10-3-5-11(16)6-4-10/h3-6,9,12-13H,7-8,17H2,1-2H3,(H2,18,20)(H,19,21)/t12-,13-/m0/s1. The zero-order valence-electron chi connectivity index (χ0n) is 12.3. The number of carbonyl (C=O) groups is 2. The summed E-state index contributed by atoms with van der Waals surface area (Å²) in [4.78, 5) is 23.4. The molecule has 0 fully saturated rings. The first-order valence-electron chi connectivity index (χ1n) is 6.89. The number of hydrogen-bond donors (Lipinski definition) is 3. The number of amides is 2. The zero-order chi connectivity index (χ0) is 16.0. The van der Waals surface area contributed by atoms with Gasteiger partial charge in [0.15, 0.2) is 0 Å². The van der Waals surface area contributed by atoms with Gasteiger partial charge in [-0.15, -0.1) is 0 Å². The number of nitrogens with one attached hydrogen (secondary N) is 1. The highest BCUT2D eigenvalue weighted by Gasteiger charge is 2.22. The fourth-order valence-corrected chi connectivity index (χ4v) is 2.23. The highest BCUT2D eigenvalue weighted by molar-refractivity contribution is 9.10. The fourth-order valence-electron chi connectivity index (χ4n) is 1.96. The number of nitrogens with two attached hydrogens (primary N) is 2. The number of primary amides is 1. The molecular weight excluding hydrogens is 334 g/mol. The van der Waals surface area contributed by atoms with E-state index in [1.807, 2.05) is 38.1 Å². The van der Waals surface area contributed by atoms with Crippen molar-refractivity contribution in [2.45, 2.75) is 38.8 Å². The van der Waals surface area contributed by atoms with Crippen molar-refractivity contribution < 1.29 is 9.59 Å². The quantitative estimate of drug-likeness (QED) is 0.688. The highest BCUT2D eigenvalue weighted by atomic mass is 79.9. The van der Waals surface area contributed by atoms with Crippen LogP contribution in [0.25, 0.3) is 0 Å². The molecule has 0 spiro atoms. The monoisotopic (exact) mass is 355 g/mol. The molecule has 5 nitrogen and oxygen atoms in total. The van der Waals surface area contributed by atoms with E-state index in [0.717, 1.165) is 10.0 Å². The molecule has 2 amide bonds. The average molecular weight is 356 g/mol. The number of halogens is 1. The van der Waals surface area contributed by atoms with Gasteiger partial charge in [0.05, 0.1) is 6.04 Å². The summed E-state index contributed by atoms with van der Waals surface area (Å²) < 4.78 is 0.968. The summed E-state index contributed by atoms with van der Waals surface area (Å²) in [5, 5.41) is 2.63. The SMILES string of the molecule is CC(C)C[C@H](NC(=O)[C@@H](N)Cc1ccc(Br)cc1)C(N)=O. The normalized spacial score (nSPS) is 13.8. The van der Waals surface area contributed by atoms with E-state index in [-0.39, 0.29) is 11.8 Å². The van der Waals surface area contributed by atoms with Crippen molar-refractivity contribution in [1.82, 2.24) is 5.32 Å². The van der Waals surface area contributed by atoms with E-state index in [0.29, 0.717) is 12.8 Å². The van der Waals surface area contributed by atoms with Crippen LogP contribution in [0.3, 0.4) is 0 Å². The molecule has 0 aliphatic heterocycles. The van der Waals surface area contributed by atoms with Gasteiger partial charge >= 0.3 is 0 Å². The van der Waals surface area contributed by atoms with Crippen LogP contribution in [0, 0.1) is 5.92 Å². The second-order valence-electron chi connectivity index (χ2n) is 5.53. The van der Waals surface area contributed by atoms with Crippen LogP contribution < -0.4 is 16.8 Å². The maximum atomic E-state index is 12.1. The summed E-state index contributed by atoms with van der Waals surface area (Å²) in [6.45, 7) is 3.92. The van der Waals surface area contributed by atoms with Crippen molar-refractivity contribution in [3.8, 4) is 0 Å². The van der Waals surface area contributed by atoms with Crippen molar-refractivity contribution in [1.29, 1.82) is 0 Å². The van der Waals surface area contributed by atoms with Crippen LogP contribution in [0.1, 0.15) is 25.8 Å². The molecule has 0 saturated carbocycles. The average Bonchev–Trinajstić information content (AvgIpc) is 2.39. The van der Waals surface area contributed by atoms with Crippen LogP contribution in [0.5, 0.6) is 0 Å². The molecule has 1 aromatic carbocycles. The van der Waals surface area contributed by atoms with Crippen LogP contribution in [0.2, 0.25) is 0 Å². The zero-order valence-corrected chi connectivity index (χ0v) is 13.9. The Morgan fingerprint density at radius 2 is 1.81 bits per heavy atom. The molecule has 0 heterocycles. The van der Waals surface area contributed by atoms with Gasteiger partial charge in [0.1, 0.15) is 6.04 Å². The maximum absolute atomic E-state index is 12.1. The number of rotatable bonds is 7. The summed E-state index contributed by atoms with van der Waals surface area (Å²) >= 11 is 3.35. The topological polar surface area (TPSA) is 98.2 Å². The Kier molecular flexibility index (Phi) is 6.84. The molecule has 0 aliphatic rings. The summed E-state index contributed by atoms with van der Waals surface area (Å²) in [5.41, 5.74) is 12.2. The summed E-state index contributed by atoms with van der Waals surface area (Å²) in [6.07, 6.45) is 0.915. The molecule has 0 aliphatic carbocycles. The van der Waals surface area contributed by atoms with Crippen LogP contribution in [0.15, 0.2) is 28.7 Å². The van der Waals surface area contributed by atoms with Gasteiger partial charge in [0.2, 0.25) is 11.8 Å². The van der Waals surface area contributed by atoms with Gasteiger partial charge in [-0.2, -0.15) is 0 Å². The minimum atomic E-state index is -0.708. The lowest BCUT2D eigenvalue weighted by Gasteiger charge is -2.20. The van der Waals surface area contributed by atoms with Crippen molar-refractivity contribution in [3.63, 3.8) is 0 Å². The third-order valence-electron chi connectivity index (χ3n) is 3.07.